The minimum absolute atomic E-state index is 0.107. The monoisotopic (exact) mass is 361 g/mol. The molecule has 0 aliphatic rings. The van der Waals surface area contributed by atoms with Crippen molar-refractivity contribution in [2.45, 2.75) is 6.42 Å². The van der Waals surface area contributed by atoms with E-state index in [2.05, 4.69) is 15.3 Å². The number of aromatic nitrogens is 2. The van der Waals surface area contributed by atoms with E-state index in [-0.39, 0.29) is 12.3 Å². The fraction of sp³-hybridized carbons (Fsp3) is 0.0500. The van der Waals surface area contributed by atoms with Crippen LogP contribution in [0.25, 0.3) is 21.9 Å². The lowest BCUT2D eigenvalue weighted by Gasteiger charge is -2.05. The van der Waals surface area contributed by atoms with E-state index >= 15 is 0 Å². The Hall–Kier alpha value is -3.25. The molecule has 1 N–H and O–H groups in total. The van der Waals surface area contributed by atoms with Gasteiger partial charge in [0, 0.05) is 22.2 Å². The molecule has 4 aromatic rings. The van der Waals surface area contributed by atoms with Gasteiger partial charge in [-0.2, -0.15) is 0 Å². The topological polar surface area (TPSA) is 68.0 Å². The van der Waals surface area contributed by atoms with Gasteiger partial charge in [-0.05, 0) is 12.1 Å². The maximum absolute atomic E-state index is 12.3. The van der Waals surface area contributed by atoms with Gasteiger partial charge in [-0.25, -0.2) is 9.97 Å². The third-order valence-electron chi connectivity index (χ3n) is 3.78. The lowest BCUT2D eigenvalue weighted by Crippen LogP contribution is -2.14. The third-order valence-corrected chi connectivity index (χ3v) is 4.72. The lowest BCUT2D eigenvalue weighted by molar-refractivity contribution is -0.115. The Morgan fingerprint density at radius 1 is 1.08 bits per heavy atom. The molecule has 0 unspecified atom stereocenters. The summed E-state index contributed by atoms with van der Waals surface area (Å²) in [6.45, 7) is 0. The van der Waals surface area contributed by atoms with Crippen molar-refractivity contribution in [2.75, 3.05) is 5.32 Å². The maximum Gasteiger partial charge on any atom is 0.230 e. The van der Waals surface area contributed by atoms with Gasteiger partial charge in [0.15, 0.2) is 12.2 Å². The van der Waals surface area contributed by atoms with E-state index in [1.165, 1.54) is 6.39 Å². The van der Waals surface area contributed by atoms with Gasteiger partial charge in [0.1, 0.15) is 5.01 Å². The fourth-order valence-corrected chi connectivity index (χ4v) is 3.41. The minimum atomic E-state index is -0.107. The van der Waals surface area contributed by atoms with Crippen LogP contribution in [0.1, 0.15) is 5.69 Å². The number of nitrogens with zero attached hydrogens (tertiary/aromatic N) is 2. The SMILES string of the molecule is O=C(Cc1csc(-c2ccccc2)n1)Nc1cccc(-c2cnco2)c1. The van der Waals surface area contributed by atoms with E-state index in [9.17, 15) is 4.79 Å². The van der Waals surface area contributed by atoms with Crippen LogP contribution in [0, 0.1) is 0 Å². The molecule has 26 heavy (non-hydrogen) atoms. The second kappa shape index (κ2) is 7.33. The van der Waals surface area contributed by atoms with Crippen LogP contribution in [0.5, 0.6) is 0 Å². The first-order valence-electron chi connectivity index (χ1n) is 8.06. The average Bonchev–Trinajstić information content (AvgIpc) is 3.35. The molecule has 0 spiro atoms. The number of hydrogen-bond donors (Lipinski definition) is 1. The number of thiazole rings is 1. The molecule has 0 aliphatic heterocycles. The molecule has 0 aliphatic carbocycles. The van der Waals surface area contributed by atoms with Crippen molar-refractivity contribution in [2.24, 2.45) is 0 Å². The predicted octanol–water partition coefficient (Wildman–Crippen LogP) is 4.65. The molecule has 1 amide bonds. The van der Waals surface area contributed by atoms with Crippen molar-refractivity contribution in [1.82, 2.24) is 9.97 Å². The van der Waals surface area contributed by atoms with E-state index in [0.717, 1.165) is 21.8 Å². The van der Waals surface area contributed by atoms with Crippen molar-refractivity contribution < 1.29 is 9.21 Å². The maximum atomic E-state index is 12.3. The molecule has 0 fully saturated rings. The van der Waals surface area contributed by atoms with Crippen LogP contribution in [0.15, 0.2) is 77.0 Å². The molecule has 128 valence electrons. The van der Waals surface area contributed by atoms with Gasteiger partial charge in [0.25, 0.3) is 0 Å². The molecule has 4 rings (SSSR count). The van der Waals surface area contributed by atoms with Crippen molar-refractivity contribution in [3.63, 3.8) is 0 Å². The normalized spacial score (nSPS) is 10.6. The molecular formula is C20H15N3O2S. The molecule has 2 aromatic carbocycles. The number of nitrogens with one attached hydrogen (secondary N) is 1. The van der Waals surface area contributed by atoms with Crippen molar-refractivity contribution in [1.29, 1.82) is 0 Å². The summed E-state index contributed by atoms with van der Waals surface area (Å²) >= 11 is 1.54. The van der Waals surface area contributed by atoms with E-state index in [0.29, 0.717) is 11.4 Å². The molecule has 6 heteroatoms. The van der Waals surface area contributed by atoms with Gasteiger partial charge < -0.3 is 9.73 Å². The highest BCUT2D eigenvalue weighted by Crippen LogP contribution is 2.24. The van der Waals surface area contributed by atoms with E-state index < -0.39 is 0 Å². The number of carbonyl (C=O) groups excluding carboxylic acids is 1. The van der Waals surface area contributed by atoms with Gasteiger partial charge in [-0.15, -0.1) is 11.3 Å². The highest BCUT2D eigenvalue weighted by molar-refractivity contribution is 7.13. The standard InChI is InChI=1S/C20H15N3O2S/c24-19(10-17-12-26-20(23-17)14-5-2-1-3-6-14)22-16-8-4-7-15(9-16)18-11-21-13-25-18/h1-9,11-13H,10H2,(H,22,24). The highest BCUT2D eigenvalue weighted by atomic mass is 32.1. The summed E-state index contributed by atoms with van der Waals surface area (Å²) in [7, 11) is 0. The quantitative estimate of drug-likeness (QED) is 0.562. The highest BCUT2D eigenvalue weighted by Gasteiger charge is 2.10. The number of hydrogen-bond acceptors (Lipinski definition) is 5. The Morgan fingerprint density at radius 3 is 2.73 bits per heavy atom. The Bertz CT molecular complexity index is 1010. The van der Waals surface area contributed by atoms with Crippen LogP contribution in [0.4, 0.5) is 5.69 Å². The predicted molar refractivity (Wildman–Crippen MR) is 102 cm³/mol. The molecule has 0 saturated carbocycles. The van der Waals surface area contributed by atoms with Crippen LogP contribution >= 0.6 is 11.3 Å². The van der Waals surface area contributed by atoms with Crippen LogP contribution in [-0.4, -0.2) is 15.9 Å². The first-order valence-corrected chi connectivity index (χ1v) is 8.94. The number of carbonyl (C=O) groups is 1. The Labute approximate surface area is 154 Å². The first-order chi connectivity index (χ1) is 12.8. The lowest BCUT2D eigenvalue weighted by atomic mass is 10.1. The summed E-state index contributed by atoms with van der Waals surface area (Å²) < 4.78 is 5.29. The van der Waals surface area contributed by atoms with E-state index in [4.69, 9.17) is 4.42 Å². The summed E-state index contributed by atoms with van der Waals surface area (Å²) in [6, 6.07) is 17.4. The van der Waals surface area contributed by atoms with Crippen molar-refractivity contribution in [3.05, 3.63) is 78.3 Å². The Balaban J connectivity index is 1.43. The van der Waals surface area contributed by atoms with Gasteiger partial charge in [0.05, 0.1) is 18.3 Å². The van der Waals surface area contributed by atoms with Crippen LogP contribution in [0.2, 0.25) is 0 Å². The molecule has 0 atom stereocenters. The van der Waals surface area contributed by atoms with Crippen LogP contribution in [0.3, 0.4) is 0 Å². The van der Waals surface area contributed by atoms with Crippen LogP contribution < -0.4 is 5.32 Å². The first kappa shape index (κ1) is 16.2. The summed E-state index contributed by atoms with van der Waals surface area (Å²) in [6.07, 6.45) is 3.25. The molecule has 5 nitrogen and oxygen atoms in total. The van der Waals surface area contributed by atoms with Crippen molar-refractivity contribution in [3.8, 4) is 21.9 Å². The smallest absolute Gasteiger partial charge is 0.230 e. The molecule has 0 saturated heterocycles. The zero-order chi connectivity index (χ0) is 17.8. The second-order valence-electron chi connectivity index (χ2n) is 5.68. The molecule has 0 bridgehead atoms. The Kier molecular flexibility index (Phi) is 4.57. The molecule has 0 radical (unpaired) electrons. The largest absolute Gasteiger partial charge is 0.444 e. The fourth-order valence-electron chi connectivity index (χ4n) is 2.58. The number of rotatable bonds is 5. The second-order valence-corrected chi connectivity index (χ2v) is 6.54. The molecular weight excluding hydrogens is 346 g/mol. The van der Waals surface area contributed by atoms with Gasteiger partial charge in [-0.3, -0.25) is 4.79 Å². The zero-order valence-electron chi connectivity index (χ0n) is 13.8. The summed E-state index contributed by atoms with van der Waals surface area (Å²) in [5, 5.41) is 5.75. The van der Waals surface area contributed by atoms with Crippen LogP contribution in [-0.2, 0) is 11.2 Å². The summed E-state index contributed by atoms with van der Waals surface area (Å²) in [5.41, 5.74) is 3.39. The van der Waals surface area contributed by atoms with Gasteiger partial charge >= 0.3 is 0 Å². The molecule has 2 heterocycles. The van der Waals surface area contributed by atoms with Crippen molar-refractivity contribution >= 4 is 22.9 Å². The number of amides is 1. The zero-order valence-corrected chi connectivity index (χ0v) is 14.6. The van der Waals surface area contributed by atoms with E-state index in [1.54, 1.807) is 17.5 Å². The van der Waals surface area contributed by atoms with Gasteiger partial charge in [0.2, 0.25) is 5.91 Å². The third kappa shape index (κ3) is 3.70. The van der Waals surface area contributed by atoms with Gasteiger partial charge in [-0.1, -0.05) is 42.5 Å². The van der Waals surface area contributed by atoms with E-state index in [1.807, 2.05) is 60.0 Å². The number of benzene rings is 2. The summed E-state index contributed by atoms with van der Waals surface area (Å²) in [4.78, 5) is 20.8. The number of anilines is 1. The summed E-state index contributed by atoms with van der Waals surface area (Å²) in [5.74, 6) is 0.553. The molecule has 2 aromatic heterocycles. The minimum Gasteiger partial charge on any atom is -0.444 e. The Morgan fingerprint density at radius 2 is 1.92 bits per heavy atom. The average molecular weight is 361 g/mol. The number of oxazole rings is 1.